The maximum Gasteiger partial charge on any atom is 0.302 e. The Morgan fingerprint density at radius 2 is 2.18 bits per heavy atom. The molecule has 22 heavy (non-hydrogen) atoms. The summed E-state index contributed by atoms with van der Waals surface area (Å²) in [5.41, 5.74) is 4.34. The first-order valence-electron chi connectivity index (χ1n) is 8.16. The van der Waals surface area contributed by atoms with E-state index in [0.29, 0.717) is 6.61 Å². The smallest absolute Gasteiger partial charge is 0.302 e. The highest BCUT2D eigenvalue weighted by Crippen LogP contribution is 2.50. The van der Waals surface area contributed by atoms with Crippen molar-refractivity contribution in [1.82, 2.24) is 0 Å². The minimum absolute atomic E-state index is 0.0375. The van der Waals surface area contributed by atoms with Crippen LogP contribution in [0.1, 0.15) is 50.2 Å². The summed E-state index contributed by atoms with van der Waals surface area (Å²) in [7, 11) is 1.72. The molecule has 1 unspecified atom stereocenters. The van der Waals surface area contributed by atoms with E-state index in [1.165, 1.54) is 36.5 Å². The second-order valence-corrected chi connectivity index (χ2v) is 6.34. The number of ether oxygens (including phenoxy) is 2. The number of hydrogen-bond donors (Lipinski definition) is 0. The summed E-state index contributed by atoms with van der Waals surface area (Å²) in [5, 5.41) is 0. The van der Waals surface area contributed by atoms with Gasteiger partial charge in [0.25, 0.3) is 0 Å². The van der Waals surface area contributed by atoms with Crippen LogP contribution in [-0.4, -0.2) is 19.7 Å². The second-order valence-electron chi connectivity index (χ2n) is 6.34. The quantitative estimate of drug-likeness (QED) is 0.624. The average molecular weight is 300 g/mol. The summed E-state index contributed by atoms with van der Waals surface area (Å²) in [6.07, 6.45) is 9.08. The van der Waals surface area contributed by atoms with E-state index >= 15 is 0 Å². The molecule has 2 aliphatic carbocycles. The normalized spacial score (nSPS) is 23.1. The van der Waals surface area contributed by atoms with Crippen LogP contribution in [0.5, 0.6) is 5.75 Å². The molecule has 2 aliphatic rings. The van der Waals surface area contributed by atoms with E-state index in [1.54, 1.807) is 7.11 Å². The van der Waals surface area contributed by atoms with Crippen molar-refractivity contribution in [1.29, 1.82) is 0 Å². The van der Waals surface area contributed by atoms with Crippen LogP contribution in [0.15, 0.2) is 29.8 Å². The maximum absolute atomic E-state index is 11.1. The van der Waals surface area contributed by atoms with Gasteiger partial charge in [-0.1, -0.05) is 24.1 Å². The lowest BCUT2D eigenvalue weighted by Gasteiger charge is -2.44. The van der Waals surface area contributed by atoms with Gasteiger partial charge in [-0.05, 0) is 55.4 Å². The van der Waals surface area contributed by atoms with Gasteiger partial charge in [0.2, 0.25) is 0 Å². The molecule has 0 amide bonds. The third kappa shape index (κ3) is 2.65. The number of benzene rings is 1. The average Bonchev–Trinajstić information content (AvgIpc) is 2.54. The summed E-state index contributed by atoms with van der Waals surface area (Å²) < 4.78 is 10.7. The van der Waals surface area contributed by atoms with Gasteiger partial charge in [0, 0.05) is 12.3 Å². The van der Waals surface area contributed by atoms with Crippen molar-refractivity contribution in [2.75, 3.05) is 13.7 Å². The number of hydrogen-bond acceptors (Lipinski definition) is 3. The number of allylic oxidation sites excluding steroid dienone is 2. The molecule has 0 aliphatic heterocycles. The highest BCUT2D eigenvalue weighted by Gasteiger charge is 2.41. The van der Waals surface area contributed by atoms with E-state index in [9.17, 15) is 4.79 Å². The van der Waals surface area contributed by atoms with Crippen molar-refractivity contribution < 1.29 is 14.3 Å². The fourth-order valence-electron chi connectivity index (χ4n) is 4.08. The predicted molar refractivity (Wildman–Crippen MR) is 86.2 cm³/mol. The zero-order valence-electron chi connectivity index (χ0n) is 13.5. The van der Waals surface area contributed by atoms with Crippen molar-refractivity contribution in [3.63, 3.8) is 0 Å². The molecule has 3 rings (SSSR count). The van der Waals surface area contributed by atoms with Crippen LogP contribution in [0.2, 0.25) is 0 Å². The lowest BCUT2D eigenvalue weighted by molar-refractivity contribution is -0.141. The van der Waals surface area contributed by atoms with Gasteiger partial charge in [-0.3, -0.25) is 4.79 Å². The maximum atomic E-state index is 11.1. The molecule has 3 nitrogen and oxygen atoms in total. The molecule has 1 atom stereocenters. The molecule has 0 aromatic heterocycles. The van der Waals surface area contributed by atoms with E-state index in [4.69, 9.17) is 9.47 Å². The molecule has 1 aromatic carbocycles. The van der Waals surface area contributed by atoms with Crippen LogP contribution in [0.25, 0.3) is 0 Å². The number of carbonyl (C=O) groups excluding carboxylic acids is 1. The Morgan fingerprint density at radius 1 is 1.32 bits per heavy atom. The zero-order valence-corrected chi connectivity index (χ0v) is 13.5. The minimum Gasteiger partial charge on any atom is -0.497 e. The fourth-order valence-corrected chi connectivity index (χ4v) is 4.08. The van der Waals surface area contributed by atoms with E-state index in [0.717, 1.165) is 31.4 Å². The lowest BCUT2D eigenvalue weighted by Crippen LogP contribution is -2.36. The van der Waals surface area contributed by atoms with Crippen molar-refractivity contribution >= 4 is 5.97 Å². The lowest BCUT2D eigenvalue weighted by atomic mass is 9.60. The third-order valence-corrected chi connectivity index (χ3v) is 5.15. The van der Waals surface area contributed by atoms with E-state index < -0.39 is 0 Å². The molecule has 0 N–H and O–H groups in total. The Kier molecular flexibility index (Phi) is 4.23. The molecule has 0 bridgehead atoms. The standard InChI is InChI=1S/C19H24O3/c1-14(20)22-12-11-19-10-4-3-5-16(19)8-6-15-7-9-17(21-2)13-18(15)19/h7-9,13H,3-6,10-12H2,1-2H3. The van der Waals surface area contributed by atoms with E-state index in [-0.39, 0.29) is 11.4 Å². The molecule has 0 radical (unpaired) electrons. The first-order valence-corrected chi connectivity index (χ1v) is 8.16. The highest BCUT2D eigenvalue weighted by atomic mass is 16.5. The molecule has 0 saturated heterocycles. The molecular weight excluding hydrogens is 276 g/mol. The molecule has 1 aromatic rings. The first kappa shape index (κ1) is 15.1. The van der Waals surface area contributed by atoms with Gasteiger partial charge in [-0.15, -0.1) is 0 Å². The van der Waals surface area contributed by atoms with Gasteiger partial charge in [-0.2, -0.15) is 0 Å². The van der Waals surface area contributed by atoms with Crippen molar-refractivity contribution in [2.24, 2.45) is 0 Å². The Bertz CT molecular complexity index is 603. The summed E-state index contributed by atoms with van der Waals surface area (Å²) in [6, 6.07) is 6.42. The zero-order chi connectivity index (χ0) is 15.6. The second kappa shape index (κ2) is 6.15. The van der Waals surface area contributed by atoms with Crippen LogP contribution in [0, 0.1) is 0 Å². The number of methoxy groups -OCH3 is 1. The molecule has 3 heteroatoms. The molecule has 1 saturated carbocycles. The summed E-state index contributed by atoms with van der Waals surface area (Å²) >= 11 is 0. The van der Waals surface area contributed by atoms with Crippen LogP contribution < -0.4 is 4.74 Å². The van der Waals surface area contributed by atoms with Crippen molar-refractivity contribution in [3.05, 3.63) is 41.0 Å². The van der Waals surface area contributed by atoms with Crippen molar-refractivity contribution in [2.45, 2.75) is 50.9 Å². The monoisotopic (exact) mass is 300 g/mol. The van der Waals surface area contributed by atoms with E-state index in [1.807, 2.05) is 6.07 Å². The summed E-state index contributed by atoms with van der Waals surface area (Å²) in [4.78, 5) is 11.1. The largest absolute Gasteiger partial charge is 0.497 e. The van der Waals surface area contributed by atoms with Gasteiger partial charge in [0.15, 0.2) is 0 Å². The highest BCUT2D eigenvalue weighted by molar-refractivity contribution is 5.65. The van der Waals surface area contributed by atoms with Crippen LogP contribution >= 0.6 is 0 Å². The number of rotatable bonds is 4. The van der Waals surface area contributed by atoms with Crippen molar-refractivity contribution in [3.8, 4) is 5.75 Å². The number of esters is 1. The SMILES string of the molecule is COc1ccc2c(c1)C1(CCOC(C)=O)CCCCC1=CC2. The van der Waals surface area contributed by atoms with Gasteiger partial charge in [0.05, 0.1) is 13.7 Å². The van der Waals surface area contributed by atoms with Gasteiger partial charge < -0.3 is 9.47 Å². The minimum atomic E-state index is -0.195. The van der Waals surface area contributed by atoms with Crippen LogP contribution in [-0.2, 0) is 21.4 Å². The first-order chi connectivity index (χ1) is 10.7. The Morgan fingerprint density at radius 3 is 2.95 bits per heavy atom. The Labute approximate surface area is 132 Å². The fraction of sp³-hybridized carbons (Fsp3) is 0.526. The molecule has 0 heterocycles. The molecule has 0 spiro atoms. The summed E-state index contributed by atoms with van der Waals surface area (Å²) in [5.74, 6) is 0.719. The third-order valence-electron chi connectivity index (χ3n) is 5.15. The van der Waals surface area contributed by atoms with Gasteiger partial charge in [-0.25, -0.2) is 0 Å². The van der Waals surface area contributed by atoms with E-state index in [2.05, 4.69) is 18.2 Å². The van der Waals surface area contributed by atoms with Crippen LogP contribution in [0.3, 0.4) is 0 Å². The molecular formula is C19H24O3. The Hall–Kier alpha value is -1.77. The topological polar surface area (TPSA) is 35.5 Å². The molecule has 118 valence electrons. The number of carbonyl (C=O) groups is 1. The predicted octanol–water partition coefficient (Wildman–Crippen LogP) is 3.94. The number of fused-ring (bicyclic) bond motifs is 3. The van der Waals surface area contributed by atoms with Gasteiger partial charge >= 0.3 is 5.97 Å². The van der Waals surface area contributed by atoms with Gasteiger partial charge in [0.1, 0.15) is 5.75 Å². The summed E-state index contributed by atoms with van der Waals surface area (Å²) in [6.45, 7) is 1.97. The Balaban J connectivity index is 1.98. The molecule has 1 fully saturated rings. The van der Waals surface area contributed by atoms with Crippen LogP contribution in [0.4, 0.5) is 0 Å².